The topological polar surface area (TPSA) is 65.6 Å². The highest BCUT2D eigenvalue weighted by molar-refractivity contribution is 5.91. The van der Waals surface area contributed by atoms with Gasteiger partial charge >= 0.3 is 11.9 Å². The highest BCUT2D eigenvalue weighted by Gasteiger charge is 2.53. The maximum Gasteiger partial charge on any atom is 0.317 e. The Morgan fingerprint density at radius 2 is 0.576 bits per heavy atom. The maximum absolute atomic E-state index is 13.6. The van der Waals surface area contributed by atoms with Gasteiger partial charge in [0.2, 0.25) is 0 Å². The van der Waals surface area contributed by atoms with E-state index in [-0.39, 0.29) is 62.9 Å². The van der Waals surface area contributed by atoms with E-state index in [0.717, 1.165) is 64.2 Å². The van der Waals surface area contributed by atoms with E-state index in [1.54, 1.807) is 0 Å². The van der Waals surface area contributed by atoms with Gasteiger partial charge in [-0.15, -0.1) is 0 Å². The Bertz CT molecular complexity index is 1210. The third-order valence-corrected chi connectivity index (χ3v) is 17.9. The predicted molar refractivity (Wildman–Crippen MR) is 247 cm³/mol. The Labute approximate surface area is 365 Å². The predicted octanol–water partition coefficient (Wildman–Crippen LogP) is 10.8. The van der Waals surface area contributed by atoms with E-state index in [1.165, 1.54) is 0 Å². The summed E-state index contributed by atoms with van der Waals surface area (Å²) in [6, 6.07) is 0. The third kappa shape index (κ3) is 11.3. The molecule has 4 fully saturated rings. The normalized spacial score (nSPS) is 29.0. The Morgan fingerprint density at radius 3 is 0.746 bits per heavy atom. The van der Waals surface area contributed by atoms with Crippen molar-refractivity contribution in [3.05, 3.63) is 0 Å². The second kappa shape index (κ2) is 17.1. The smallest absolute Gasteiger partial charge is 0.317 e. The molecule has 4 rings (SSSR count). The molecule has 0 spiro atoms. The first kappa shape index (κ1) is 50.4. The molecule has 0 aliphatic carbocycles. The zero-order valence-corrected chi connectivity index (χ0v) is 42.8. The lowest BCUT2D eigenvalue weighted by molar-refractivity contribution is -0.162. The molecule has 0 aromatic carbocycles. The minimum Gasteiger partial charge on any atom is -0.462 e. The molecule has 0 bridgehead atoms. The highest BCUT2D eigenvalue weighted by Crippen LogP contribution is 2.53. The number of rotatable bonds is 12. The van der Waals surface area contributed by atoms with Gasteiger partial charge in [0.1, 0.15) is 6.42 Å². The largest absolute Gasteiger partial charge is 0.462 e. The highest BCUT2D eigenvalue weighted by atomic mass is 16.6. The van der Waals surface area contributed by atoms with Gasteiger partial charge in [0.15, 0.2) is 0 Å². The van der Waals surface area contributed by atoms with Crippen LogP contribution in [-0.2, 0) is 19.1 Å². The molecule has 344 valence electrons. The van der Waals surface area contributed by atoms with Crippen LogP contribution < -0.4 is 0 Å². The van der Waals surface area contributed by atoms with Gasteiger partial charge in [0.05, 0.1) is 12.2 Å². The van der Waals surface area contributed by atoms with Crippen LogP contribution in [0.3, 0.4) is 0 Å². The summed E-state index contributed by atoms with van der Waals surface area (Å²) in [5, 5.41) is 0. The Hall–Kier alpha value is -1.22. The summed E-state index contributed by atoms with van der Waals surface area (Å²) in [5.74, 6) is 1.94. The van der Waals surface area contributed by atoms with Crippen LogP contribution in [0.4, 0.5) is 0 Å². The number of ether oxygens (including phenoxy) is 2. The molecule has 59 heavy (non-hydrogen) atoms. The molecule has 0 saturated carbocycles. The standard InChI is InChI=1S/C51H96N4O4/c1-34(23-40(36-26-44(3,4)52(19)45(5,6)27-36)37-28-46(7,8)53(20)47(9,10)29-37)58-42(56)25-43(57)59-35(2)24-41(38-30-48(11,12)54(21)49(13,14)31-38)39-32-50(15,16)55(22)51(17,18)33-39/h34-41H,23-33H2,1-22H3. The molecule has 0 aromatic heterocycles. The molecule has 0 N–H and O–H groups in total. The fraction of sp³-hybridized carbons (Fsp3) is 0.961. The summed E-state index contributed by atoms with van der Waals surface area (Å²) in [4.78, 5) is 37.5. The summed E-state index contributed by atoms with van der Waals surface area (Å²) < 4.78 is 12.4. The Morgan fingerprint density at radius 1 is 0.407 bits per heavy atom. The summed E-state index contributed by atoms with van der Waals surface area (Å²) >= 11 is 0. The van der Waals surface area contributed by atoms with Gasteiger partial charge in [-0.25, -0.2) is 0 Å². The van der Waals surface area contributed by atoms with Crippen LogP contribution >= 0.6 is 0 Å². The second-order valence-electron chi connectivity index (χ2n) is 26.0. The van der Waals surface area contributed by atoms with Crippen LogP contribution in [0.25, 0.3) is 0 Å². The van der Waals surface area contributed by atoms with Gasteiger partial charge < -0.3 is 9.47 Å². The maximum atomic E-state index is 13.6. The number of carbonyl (C=O) groups is 2. The molecule has 4 aliphatic heterocycles. The van der Waals surface area contributed by atoms with Crippen molar-refractivity contribution >= 4 is 11.9 Å². The molecule has 2 atom stereocenters. The fourth-order valence-corrected chi connectivity index (χ4v) is 14.1. The van der Waals surface area contributed by atoms with Crippen molar-refractivity contribution in [2.45, 2.75) is 252 Å². The number of hydrogen-bond acceptors (Lipinski definition) is 8. The van der Waals surface area contributed by atoms with E-state index in [1.807, 2.05) is 0 Å². The van der Waals surface area contributed by atoms with Crippen molar-refractivity contribution in [2.24, 2.45) is 35.5 Å². The quantitative estimate of drug-likeness (QED) is 0.142. The van der Waals surface area contributed by atoms with E-state index >= 15 is 0 Å². The van der Waals surface area contributed by atoms with Gasteiger partial charge in [-0.3, -0.25) is 29.2 Å². The summed E-state index contributed by atoms with van der Waals surface area (Å²) in [6.07, 6.45) is 9.68. The van der Waals surface area contributed by atoms with Crippen molar-refractivity contribution in [2.75, 3.05) is 28.2 Å². The molecule has 0 radical (unpaired) electrons. The van der Waals surface area contributed by atoms with Crippen LogP contribution in [0.15, 0.2) is 0 Å². The minimum absolute atomic E-state index is 0.0695. The van der Waals surface area contributed by atoms with Gasteiger partial charge in [0, 0.05) is 44.3 Å². The van der Waals surface area contributed by atoms with Crippen molar-refractivity contribution in [3.8, 4) is 0 Å². The monoisotopic (exact) mass is 829 g/mol. The van der Waals surface area contributed by atoms with Crippen LogP contribution in [-0.4, -0.2) is 116 Å². The number of nitrogens with zero attached hydrogens (tertiary/aromatic N) is 4. The molecule has 4 aliphatic rings. The van der Waals surface area contributed by atoms with Crippen molar-refractivity contribution in [3.63, 3.8) is 0 Å². The van der Waals surface area contributed by atoms with Gasteiger partial charge in [-0.2, -0.15) is 0 Å². The van der Waals surface area contributed by atoms with Crippen molar-refractivity contribution in [1.82, 2.24) is 19.6 Å². The molecule has 8 nitrogen and oxygen atoms in total. The summed E-state index contributed by atoms with van der Waals surface area (Å²) in [5.41, 5.74) is 0.556. The number of carbonyl (C=O) groups excluding carboxylic acids is 2. The third-order valence-electron chi connectivity index (χ3n) is 17.9. The lowest BCUT2D eigenvalue weighted by Crippen LogP contribution is -2.62. The SMILES string of the molecule is CC(CC(C1CC(C)(C)N(C)C(C)(C)C1)C1CC(C)(C)N(C)C(C)(C)C1)OC(=O)CC(=O)OC(C)CC(C1CC(C)(C)N(C)C(C)(C)C1)C1CC(C)(C)N(C)C(C)(C)C1. The average Bonchev–Trinajstić information content (AvgIpc) is 3.03. The lowest BCUT2D eigenvalue weighted by atomic mass is 9.60. The first-order valence-electron chi connectivity index (χ1n) is 23.8. The van der Waals surface area contributed by atoms with Gasteiger partial charge in [0.25, 0.3) is 0 Å². The Kier molecular flexibility index (Phi) is 14.6. The van der Waals surface area contributed by atoms with E-state index in [2.05, 4.69) is 172 Å². The fourth-order valence-electron chi connectivity index (χ4n) is 14.1. The van der Waals surface area contributed by atoms with E-state index in [9.17, 15) is 9.59 Å². The van der Waals surface area contributed by atoms with Crippen LogP contribution in [0.2, 0.25) is 0 Å². The van der Waals surface area contributed by atoms with E-state index < -0.39 is 11.9 Å². The molecule has 2 unspecified atom stereocenters. The first-order chi connectivity index (χ1) is 26.4. The number of piperidine rings is 4. The number of hydrogen-bond donors (Lipinski definition) is 0. The first-order valence-corrected chi connectivity index (χ1v) is 23.8. The van der Waals surface area contributed by atoms with Crippen LogP contribution in [0.5, 0.6) is 0 Å². The zero-order chi connectivity index (χ0) is 45.3. The van der Waals surface area contributed by atoms with Gasteiger partial charge in [-0.1, -0.05) is 0 Å². The second-order valence-corrected chi connectivity index (χ2v) is 26.0. The summed E-state index contributed by atoms with van der Waals surface area (Å²) in [6.45, 7) is 42.4. The summed E-state index contributed by atoms with van der Waals surface area (Å²) in [7, 11) is 9.13. The average molecular weight is 829 g/mol. The Balaban J connectivity index is 1.48. The molecular formula is C51H96N4O4. The van der Waals surface area contributed by atoms with E-state index in [0.29, 0.717) is 35.5 Å². The van der Waals surface area contributed by atoms with Crippen LogP contribution in [0, 0.1) is 35.5 Å². The lowest BCUT2D eigenvalue weighted by Gasteiger charge is -2.59. The van der Waals surface area contributed by atoms with Crippen LogP contribution in [0.1, 0.15) is 195 Å². The number of esters is 2. The molecule has 4 saturated heterocycles. The molecule has 0 aromatic rings. The van der Waals surface area contributed by atoms with Gasteiger partial charge in [-0.05, 0) is 253 Å². The molecule has 8 heteroatoms. The molecular weight excluding hydrogens is 733 g/mol. The molecule has 4 heterocycles. The van der Waals surface area contributed by atoms with E-state index in [4.69, 9.17) is 9.47 Å². The zero-order valence-electron chi connectivity index (χ0n) is 42.8. The van der Waals surface area contributed by atoms with Crippen molar-refractivity contribution in [1.29, 1.82) is 0 Å². The number of likely N-dealkylation sites (tertiary alicyclic amines) is 4. The van der Waals surface area contributed by atoms with Crippen molar-refractivity contribution < 1.29 is 19.1 Å². The molecule has 0 amide bonds. The minimum atomic E-state index is -0.462.